The number of benzene rings is 1. The number of carbonyl (C=O) groups excluding carboxylic acids is 1. The second-order valence-electron chi connectivity index (χ2n) is 4.30. The number of hydrogen-bond donors (Lipinski definition) is 0. The third kappa shape index (κ3) is 3.98. The molecular weight excluding hydrogens is 309 g/mol. The first-order valence-electron chi connectivity index (χ1n) is 5.83. The minimum absolute atomic E-state index is 0.157. The van der Waals surface area contributed by atoms with Crippen LogP contribution in [0, 0.1) is 6.92 Å². The summed E-state index contributed by atoms with van der Waals surface area (Å²) in [6.07, 6.45) is -3.49. The first-order valence-corrected chi connectivity index (χ1v) is 6.21. The fraction of sp³-hybridized carbons (Fsp3) is 0.231. The van der Waals surface area contributed by atoms with Gasteiger partial charge in [0.2, 0.25) is 0 Å². The third-order valence-corrected chi connectivity index (χ3v) is 2.84. The molecule has 2 rings (SSSR count). The van der Waals surface area contributed by atoms with Gasteiger partial charge in [-0.3, -0.25) is 4.68 Å². The molecule has 21 heavy (non-hydrogen) atoms. The Morgan fingerprint density at radius 1 is 1.38 bits per heavy atom. The SMILES string of the molecule is Cc1ccc(Cl)c(OC(=O)Cn2ccc(C(F)(F)F)n2)c1. The van der Waals surface area contributed by atoms with E-state index in [4.69, 9.17) is 16.3 Å². The molecule has 0 amide bonds. The quantitative estimate of drug-likeness (QED) is 0.643. The Morgan fingerprint density at radius 2 is 2.10 bits per heavy atom. The summed E-state index contributed by atoms with van der Waals surface area (Å²) < 4.78 is 43.0. The van der Waals surface area contributed by atoms with Gasteiger partial charge in [-0.15, -0.1) is 0 Å². The van der Waals surface area contributed by atoms with Crippen molar-refractivity contribution in [3.8, 4) is 5.75 Å². The lowest BCUT2D eigenvalue weighted by atomic mass is 10.2. The highest BCUT2D eigenvalue weighted by atomic mass is 35.5. The zero-order chi connectivity index (χ0) is 15.6. The molecule has 1 heterocycles. The zero-order valence-corrected chi connectivity index (χ0v) is 11.6. The maximum Gasteiger partial charge on any atom is 0.435 e. The standard InChI is InChI=1S/C13H10ClF3N2O2/c1-8-2-3-9(14)10(6-8)21-12(20)7-19-5-4-11(18-19)13(15,16)17/h2-6H,7H2,1H3. The molecule has 0 aliphatic heterocycles. The first kappa shape index (κ1) is 15.4. The van der Waals surface area contributed by atoms with Crippen molar-refractivity contribution in [3.05, 3.63) is 46.7 Å². The van der Waals surface area contributed by atoms with Crippen molar-refractivity contribution >= 4 is 17.6 Å². The number of halogens is 4. The summed E-state index contributed by atoms with van der Waals surface area (Å²) in [4.78, 5) is 11.7. The van der Waals surface area contributed by atoms with Crippen molar-refractivity contribution in [1.82, 2.24) is 9.78 Å². The summed E-state index contributed by atoms with van der Waals surface area (Å²) in [7, 11) is 0. The normalized spacial score (nSPS) is 11.5. The smallest absolute Gasteiger partial charge is 0.424 e. The number of ether oxygens (including phenoxy) is 1. The molecule has 0 N–H and O–H groups in total. The highest BCUT2D eigenvalue weighted by Gasteiger charge is 2.33. The average molecular weight is 319 g/mol. The van der Waals surface area contributed by atoms with Crippen molar-refractivity contribution in [1.29, 1.82) is 0 Å². The molecule has 0 saturated heterocycles. The monoisotopic (exact) mass is 318 g/mol. The summed E-state index contributed by atoms with van der Waals surface area (Å²) in [6.45, 7) is 1.34. The zero-order valence-electron chi connectivity index (χ0n) is 10.8. The topological polar surface area (TPSA) is 44.1 Å². The van der Waals surface area contributed by atoms with Crippen LogP contribution in [0.2, 0.25) is 5.02 Å². The van der Waals surface area contributed by atoms with E-state index in [1.165, 1.54) is 0 Å². The number of nitrogens with zero attached hydrogens (tertiary/aromatic N) is 2. The second kappa shape index (κ2) is 5.77. The second-order valence-corrected chi connectivity index (χ2v) is 4.71. The molecule has 112 valence electrons. The van der Waals surface area contributed by atoms with Crippen LogP contribution in [0.25, 0.3) is 0 Å². The van der Waals surface area contributed by atoms with Gasteiger partial charge in [-0.2, -0.15) is 18.3 Å². The molecule has 2 aromatic rings. The number of aromatic nitrogens is 2. The van der Waals surface area contributed by atoms with Gasteiger partial charge in [0.25, 0.3) is 0 Å². The summed E-state index contributed by atoms with van der Waals surface area (Å²) >= 11 is 5.86. The molecule has 4 nitrogen and oxygen atoms in total. The molecule has 0 fully saturated rings. The van der Waals surface area contributed by atoms with Gasteiger partial charge in [-0.05, 0) is 30.7 Å². The Labute approximate surface area is 123 Å². The number of alkyl halides is 3. The van der Waals surface area contributed by atoms with E-state index in [9.17, 15) is 18.0 Å². The minimum Gasteiger partial charge on any atom is -0.424 e. The van der Waals surface area contributed by atoms with Crippen LogP contribution in [0.15, 0.2) is 30.5 Å². The minimum atomic E-state index is -4.55. The third-order valence-electron chi connectivity index (χ3n) is 2.53. The van der Waals surface area contributed by atoms with E-state index in [1.807, 2.05) is 0 Å². The Morgan fingerprint density at radius 3 is 2.71 bits per heavy atom. The number of hydrogen-bond acceptors (Lipinski definition) is 3. The van der Waals surface area contributed by atoms with Crippen LogP contribution in [-0.2, 0) is 17.5 Å². The first-order chi connectivity index (χ1) is 9.75. The van der Waals surface area contributed by atoms with Gasteiger partial charge in [-0.1, -0.05) is 17.7 Å². The van der Waals surface area contributed by atoms with Gasteiger partial charge < -0.3 is 4.74 Å². The van der Waals surface area contributed by atoms with E-state index in [-0.39, 0.29) is 10.8 Å². The molecular formula is C13H10ClF3N2O2. The molecule has 0 spiro atoms. The van der Waals surface area contributed by atoms with E-state index >= 15 is 0 Å². The van der Waals surface area contributed by atoms with Gasteiger partial charge in [0.05, 0.1) is 5.02 Å². The van der Waals surface area contributed by atoms with Crippen LogP contribution in [0.5, 0.6) is 5.75 Å². The van der Waals surface area contributed by atoms with Gasteiger partial charge in [0, 0.05) is 6.20 Å². The van der Waals surface area contributed by atoms with Crippen molar-refractivity contribution in [2.75, 3.05) is 0 Å². The lowest BCUT2D eigenvalue weighted by Gasteiger charge is -2.07. The van der Waals surface area contributed by atoms with E-state index in [0.717, 1.165) is 22.5 Å². The molecule has 0 aliphatic carbocycles. The molecule has 1 aromatic carbocycles. The summed E-state index contributed by atoms with van der Waals surface area (Å²) in [5, 5.41) is 3.50. The maximum atomic E-state index is 12.4. The molecule has 0 radical (unpaired) electrons. The average Bonchev–Trinajstić information content (AvgIpc) is 2.82. The Balaban J connectivity index is 2.05. The Bertz CT molecular complexity index is 668. The van der Waals surface area contributed by atoms with E-state index in [2.05, 4.69) is 5.10 Å². The fourth-order valence-electron chi connectivity index (χ4n) is 1.58. The fourth-order valence-corrected chi connectivity index (χ4v) is 1.73. The van der Waals surface area contributed by atoms with Crippen LogP contribution >= 0.6 is 11.6 Å². The number of aryl methyl sites for hydroxylation is 1. The van der Waals surface area contributed by atoms with Gasteiger partial charge in [0.15, 0.2) is 5.69 Å². The molecule has 0 bridgehead atoms. The van der Waals surface area contributed by atoms with Crippen LogP contribution < -0.4 is 4.74 Å². The Hall–Kier alpha value is -2.02. The summed E-state index contributed by atoms with van der Waals surface area (Å²) in [6, 6.07) is 5.65. The number of rotatable bonds is 3. The van der Waals surface area contributed by atoms with E-state index < -0.39 is 24.4 Å². The van der Waals surface area contributed by atoms with Crippen molar-refractivity contribution in [2.24, 2.45) is 0 Å². The number of esters is 1. The predicted molar refractivity (Wildman–Crippen MR) is 69.1 cm³/mol. The number of carbonyl (C=O) groups is 1. The lowest BCUT2D eigenvalue weighted by Crippen LogP contribution is -2.18. The van der Waals surface area contributed by atoms with Gasteiger partial charge >= 0.3 is 12.1 Å². The van der Waals surface area contributed by atoms with Crippen LogP contribution in [0.1, 0.15) is 11.3 Å². The summed E-state index contributed by atoms with van der Waals surface area (Å²) in [5.41, 5.74) is -0.232. The van der Waals surface area contributed by atoms with Crippen molar-refractivity contribution < 1.29 is 22.7 Å². The van der Waals surface area contributed by atoms with Crippen molar-refractivity contribution in [3.63, 3.8) is 0 Å². The molecule has 0 aliphatic rings. The van der Waals surface area contributed by atoms with E-state index in [0.29, 0.717) is 0 Å². The van der Waals surface area contributed by atoms with Crippen LogP contribution in [0.3, 0.4) is 0 Å². The van der Waals surface area contributed by atoms with Gasteiger partial charge in [0.1, 0.15) is 12.3 Å². The summed E-state index contributed by atoms with van der Waals surface area (Å²) in [5.74, 6) is -0.607. The lowest BCUT2D eigenvalue weighted by molar-refractivity contribution is -0.142. The largest absolute Gasteiger partial charge is 0.435 e. The molecule has 8 heteroatoms. The van der Waals surface area contributed by atoms with Crippen molar-refractivity contribution in [2.45, 2.75) is 19.6 Å². The Kier molecular flexibility index (Phi) is 4.22. The van der Waals surface area contributed by atoms with Crippen LogP contribution in [-0.4, -0.2) is 15.7 Å². The predicted octanol–water partition coefficient (Wildman–Crippen LogP) is 3.47. The molecule has 0 atom stereocenters. The molecule has 0 unspecified atom stereocenters. The molecule has 0 saturated carbocycles. The molecule has 1 aromatic heterocycles. The van der Waals surface area contributed by atoms with E-state index in [1.54, 1.807) is 25.1 Å². The van der Waals surface area contributed by atoms with Crippen LogP contribution in [0.4, 0.5) is 13.2 Å². The van der Waals surface area contributed by atoms with Gasteiger partial charge in [-0.25, -0.2) is 4.79 Å². The highest BCUT2D eigenvalue weighted by molar-refractivity contribution is 6.32. The maximum absolute atomic E-state index is 12.4. The highest BCUT2D eigenvalue weighted by Crippen LogP contribution is 2.27.